The van der Waals surface area contributed by atoms with E-state index in [0.717, 1.165) is 50.1 Å². The van der Waals surface area contributed by atoms with Crippen molar-refractivity contribution in [2.24, 2.45) is 0 Å². The molecular formula is C60H51BO3. The standard InChI is InChI=1S/C60H51BO3/c1-10-28-49(29-11-1)46-58(52-34-16-4-17-35-52,53-36-18-5-19-37-53)62-61(63-59(54-38-20-6-21-39-54,55-40-22-7-23-41-55)47-50-30-12-2-13-31-50)64-60(56-42-24-8-25-43-56,57-44-26-9-27-45-57)48-51-32-14-3-15-33-51/h1-45H,46-48H2. The maximum atomic E-state index is 8.04. The van der Waals surface area contributed by atoms with Gasteiger partial charge in [-0.3, -0.25) is 0 Å². The predicted octanol–water partition coefficient (Wildman–Crippen LogP) is 13.6. The van der Waals surface area contributed by atoms with Gasteiger partial charge in [0.25, 0.3) is 0 Å². The summed E-state index contributed by atoms with van der Waals surface area (Å²) in [5, 5.41) is 0. The van der Waals surface area contributed by atoms with Gasteiger partial charge < -0.3 is 14.0 Å². The Morgan fingerprint density at radius 3 is 0.547 bits per heavy atom. The van der Waals surface area contributed by atoms with Crippen molar-refractivity contribution >= 4 is 7.32 Å². The highest BCUT2D eigenvalue weighted by atomic mass is 16.8. The Bertz CT molecular complexity index is 2310. The summed E-state index contributed by atoms with van der Waals surface area (Å²) in [6.07, 6.45) is 1.49. The summed E-state index contributed by atoms with van der Waals surface area (Å²) in [7, 11) is -1.31. The minimum atomic E-state index is -1.31. The maximum Gasteiger partial charge on any atom is 0.642 e. The largest absolute Gasteiger partial charge is 0.642 e. The lowest BCUT2D eigenvalue weighted by Crippen LogP contribution is -2.51. The van der Waals surface area contributed by atoms with Crippen molar-refractivity contribution in [3.8, 4) is 0 Å². The highest BCUT2D eigenvalue weighted by Crippen LogP contribution is 2.46. The average molecular weight is 831 g/mol. The van der Waals surface area contributed by atoms with Crippen molar-refractivity contribution in [1.82, 2.24) is 0 Å². The van der Waals surface area contributed by atoms with Crippen molar-refractivity contribution in [3.63, 3.8) is 0 Å². The second-order valence-corrected chi connectivity index (χ2v) is 16.3. The van der Waals surface area contributed by atoms with Crippen molar-refractivity contribution in [1.29, 1.82) is 0 Å². The van der Waals surface area contributed by atoms with E-state index in [1.165, 1.54) is 0 Å². The zero-order chi connectivity index (χ0) is 43.3. The summed E-state index contributed by atoms with van der Waals surface area (Å²) in [6.45, 7) is 0. The third-order valence-corrected chi connectivity index (χ3v) is 12.2. The second-order valence-electron chi connectivity index (χ2n) is 16.3. The molecule has 0 aliphatic heterocycles. The molecule has 9 rings (SSSR count). The zero-order valence-electron chi connectivity index (χ0n) is 35.9. The van der Waals surface area contributed by atoms with E-state index in [1.54, 1.807) is 0 Å². The first kappa shape index (κ1) is 42.2. The minimum Gasteiger partial charge on any atom is -0.371 e. The number of hydrogen-bond acceptors (Lipinski definition) is 3. The van der Waals surface area contributed by atoms with E-state index in [4.69, 9.17) is 14.0 Å². The highest BCUT2D eigenvalue weighted by molar-refractivity contribution is 6.37. The molecule has 0 aliphatic rings. The molecule has 0 unspecified atom stereocenters. The fourth-order valence-electron chi connectivity index (χ4n) is 9.10. The molecule has 0 aromatic heterocycles. The summed E-state index contributed by atoms with van der Waals surface area (Å²) in [5.74, 6) is 0. The number of benzene rings is 9. The monoisotopic (exact) mass is 830 g/mol. The molecule has 0 fully saturated rings. The minimum absolute atomic E-state index is 0.496. The van der Waals surface area contributed by atoms with Gasteiger partial charge in [0, 0.05) is 19.3 Å². The van der Waals surface area contributed by atoms with E-state index >= 15 is 0 Å². The van der Waals surface area contributed by atoms with Crippen molar-refractivity contribution in [3.05, 3.63) is 323 Å². The number of hydrogen-bond donors (Lipinski definition) is 0. The van der Waals surface area contributed by atoms with Crippen molar-refractivity contribution in [2.75, 3.05) is 0 Å². The molecule has 9 aromatic carbocycles. The third-order valence-electron chi connectivity index (χ3n) is 12.2. The van der Waals surface area contributed by atoms with Gasteiger partial charge >= 0.3 is 7.32 Å². The van der Waals surface area contributed by atoms with Crippen molar-refractivity contribution in [2.45, 2.75) is 36.1 Å². The Kier molecular flexibility index (Phi) is 13.2. The van der Waals surface area contributed by atoms with Crippen LogP contribution in [0.25, 0.3) is 0 Å². The second kappa shape index (κ2) is 20.0. The summed E-state index contributed by atoms with van der Waals surface area (Å²) < 4.78 is 24.1. The van der Waals surface area contributed by atoms with E-state index in [1.807, 2.05) is 0 Å². The molecule has 64 heavy (non-hydrogen) atoms. The van der Waals surface area contributed by atoms with Gasteiger partial charge in [0.15, 0.2) is 0 Å². The van der Waals surface area contributed by atoms with Gasteiger partial charge in [0.1, 0.15) is 16.8 Å². The summed E-state index contributed by atoms with van der Waals surface area (Å²) in [5.41, 5.74) is 5.86. The fraction of sp³-hybridized carbons (Fsp3) is 0.100. The van der Waals surface area contributed by atoms with Gasteiger partial charge in [0.05, 0.1) is 0 Å². The van der Waals surface area contributed by atoms with E-state index in [0.29, 0.717) is 19.3 Å². The molecule has 0 bridgehead atoms. The van der Waals surface area contributed by atoms with E-state index in [2.05, 4.69) is 273 Å². The smallest absolute Gasteiger partial charge is 0.371 e. The number of rotatable bonds is 18. The lowest BCUT2D eigenvalue weighted by Gasteiger charge is -2.45. The normalized spacial score (nSPS) is 11.8. The molecule has 0 heterocycles. The maximum absolute atomic E-state index is 8.04. The lowest BCUT2D eigenvalue weighted by atomic mass is 9.77. The average Bonchev–Trinajstić information content (AvgIpc) is 3.38. The van der Waals surface area contributed by atoms with Crippen LogP contribution in [0.15, 0.2) is 273 Å². The Balaban J connectivity index is 1.34. The first-order valence-corrected chi connectivity index (χ1v) is 22.1. The van der Waals surface area contributed by atoms with Gasteiger partial charge in [-0.05, 0) is 50.1 Å². The molecule has 0 amide bonds. The third kappa shape index (κ3) is 9.32. The van der Waals surface area contributed by atoms with Gasteiger partial charge in [0.2, 0.25) is 0 Å². The van der Waals surface area contributed by atoms with Gasteiger partial charge in [-0.25, -0.2) is 0 Å². The van der Waals surface area contributed by atoms with Crippen LogP contribution < -0.4 is 0 Å². The van der Waals surface area contributed by atoms with E-state index in [9.17, 15) is 0 Å². The van der Waals surface area contributed by atoms with Crippen LogP contribution in [0.1, 0.15) is 50.1 Å². The molecule has 0 saturated heterocycles. The van der Waals surface area contributed by atoms with Gasteiger partial charge in [-0.2, -0.15) is 0 Å². The Hall–Kier alpha value is -7.08. The van der Waals surface area contributed by atoms with Gasteiger partial charge in [-0.15, -0.1) is 0 Å². The van der Waals surface area contributed by atoms with E-state index in [-0.39, 0.29) is 0 Å². The van der Waals surface area contributed by atoms with Crippen LogP contribution in [0.2, 0.25) is 0 Å². The van der Waals surface area contributed by atoms with Crippen LogP contribution >= 0.6 is 0 Å². The van der Waals surface area contributed by atoms with Crippen LogP contribution in [-0.2, 0) is 50.0 Å². The molecule has 0 N–H and O–H groups in total. The summed E-state index contributed by atoms with van der Waals surface area (Å²) >= 11 is 0. The Morgan fingerprint density at radius 2 is 0.375 bits per heavy atom. The molecular weight excluding hydrogens is 779 g/mol. The highest BCUT2D eigenvalue weighted by Gasteiger charge is 2.51. The fourth-order valence-corrected chi connectivity index (χ4v) is 9.10. The van der Waals surface area contributed by atoms with Crippen LogP contribution in [0.5, 0.6) is 0 Å². The van der Waals surface area contributed by atoms with E-state index < -0.39 is 24.1 Å². The van der Waals surface area contributed by atoms with Crippen molar-refractivity contribution < 1.29 is 14.0 Å². The van der Waals surface area contributed by atoms with Crippen LogP contribution in [-0.4, -0.2) is 7.32 Å². The molecule has 4 heteroatoms. The molecule has 9 aromatic rings. The first-order chi connectivity index (χ1) is 31.7. The molecule has 0 saturated carbocycles. The predicted molar refractivity (Wildman–Crippen MR) is 260 cm³/mol. The topological polar surface area (TPSA) is 27.7 Å². The molecule has 0 aliphatic carbocycles. The Labute approximate surface area is 378 Å². The SMILES string of the molecule is c1ccc(CC(OB(OC(Cc2ccccc2)(c2ccccc2)c2ccccc2)OC(Cc2ccccc2)(c2ccccc2)c2ccccc2)(c2ccccc2)c2ccccc2)cc1. The van der Waals surface area contributed by atoms with Crippen LogP contribution in [0.3, 0.4) is 0 Å². The molecule has 3 nitrogen and oxygen atoms in total. The molecule has 312 valence electrons. The van der Waals surface area contributed by atoms with Crippen LogP contribution in [0.4, 0.5) is 0 Å². The molecule has 0 atom stereocenters. The van der Waals surface area contributed by atoms with Crippen LogP contribution in [0, 0.1) is 0 Å². The quantitative estimate of drug-likeness (QED) is 0.0806. The summed E-state index contributed by atoms with van der Waals surface area (Å²) in [6, 6.07) is 94.9. The first-order valence-electron chi connectivity index (χ1n) is 22.1. The molecule has 0 spiro atoms. The summed E-state index contributed by atoms with van der Waals surface area (Å²) in [4.78, 5) is 0. The Morgan fingerprint density at radius 1 is 0.219 bits per heavy atom. The lowest BCUT2D eigenvalue weighted by molar-refractivity contribution is -0.0671. The molecule has 0 radical (unpaired) electrons. The zero-order valence-corrected chi connectivity index (χ0v) is 35.9. The van der Waals surface area contributed by atoms with Gasteiger partial charge in [-0.1, -0.05) is 273 Å².